The van der Waals surface area contributed by atoms with Gasteiger partial charge >= 0.3 is 0 Å². The van der Waals surface area contributed by atoms with Crippen LogP contribution in [0.2, 0.25) is 0 Å². The summed E-state index contributed by atoms with van der Waals surface area (Å²) in [5, 5.41) is 0. The van der Waals surface area contributed by atoms with Gasteiger partial charge in [0.1, 0.15) is 11.6 Å². The largest absolute Gasteiger partial charge is 0.384 e. The lowest BCUT2D eigenvalue weighted by Crippen LogP contribution is -2.26. The predicted octanol–water partition coefficient (Wildman–Crippen LogP) is 3.22. The van der Waals surface area contributed by atoms with Crippen molar-refractivity contribution in [3.05, 3.63) is 11.5 Å². The maximum Gasteiger partial charge on any atom is 0.127 e. The molecule has 16 heavy (non-hydrogen) atoms. The summed E-state index contributed by atoms with van der Waals surface area (Å²) in [5.74, 6) is 3.07. The molecule has 0 spiro atoms. The van der Waals surface area contributed by atoms with Gasteiger partial charge in [-0.05, 0) is 33.6 Å². The second-order valence-electron chi connectivity index (χ2n) is 6.18. The summed E-state index contributed by atoms with van der Waals surface area (Å²) in [6, 6.07) is 0. The van der Waals surface area contributed by atoms with Gasteiger partial charge in [0.15, 0.2) is 0 Å². The Morgan fingerprint density at radius 1 is 1.31 bits per heavy atom. The summed E-state index contributed by atoms with van der Waals surface area (Å²) in [6.45, 7) is 10.9. The number of imidazole rings is 1. The second-order valence-corrected chi connectivity index (χ2v) is 6.18. The van der Waals surface area contributed by atoms with Gasteiger partial charge < -0.3 is 10.3 Å². The number of nitrogens with two attached hydrogens (primary N) is 1. The highest BCUT2D eigenvalue weighted by Crippen LogP contribution is 2.44. The van der Waals surface area contributed by atoms with E-state index in [1.807, 2.05) is 0 Å². The molecule has 1 heterocycles. The Kier molecular flexibility index (Phi) is 2.52. The van der Waals surface area contributed by atoms with Crippen LogP contribution in [0.25, 0.3) is 0 Å². The van der Waals surface area contributed by atoms with Crippen LogP contribution in [0.4, 0.5) is 5.82 Å². The van der Waals surface area contributed by atoms with Gasteiger partial charge in [-0.2, -0.15) is 0 Å². The van der Waals surface area contributed by atoms with Gasteiger partial charge in [0.05, 0.1) is 5.69 Å². The molecular formula is C13H23N3. The SMILES string of the molecule is CC(C)c1nc(C2CC2)c(N)n1C(C)(C)C. The second kappa shape index (κ2) is 3.51. The van der Waals surface area contributed by atoms with Crippen molar-refractivity contribution in [1.82, 2.24) is 9.55 Å². The molecule has 0 aliphatic heterocycles. The van der Waals surface area contributed by atoms with Gasteiger partial charge in [-0.25, -0.2) is 4.98 Å². The monoisotopic (exact) mass is 221 g/mol. The van der Waals surface area contributed by atoms with E-state index >= 15 is 0 Å². The zero-order valence-corrected chi connectivity index (χ0v) is 11.0. The molecule has 3 nitrogen and oxygen atoms in total. The van der Waals surface area contributed by atoms with Crippen molar-refractivity contribution in [2.45, 2.75) is 64.8 Å². The lowest BCUT2D eigenvalue weighted by Gasteiger charge is -2.26. The molecule has 0 aromatic carbocycles. The normalized spacial score (nSPS) is 17.1. The molecular weight excluding hydrogens is 198 g/mol. The van der Waals surface area contributed by atoms with Crippen LogP contribution in [-0.2, 0) is 5.54 Å². The van der Waals surface area contributed by atoms with E-state index in [1.165, 1.54) is 12.8 Å². The van der Waals surface area contributed by atoms with E-state index in [9.17, 15) is 0 Å². The quantitative estimate of drug-likeness (QED) is 0.833. The average Bonchev–Trinajstić information content (AvgIpc) is 2.87. The minimum atomic E-state index is 0.0177. The topological polar surface area (TPSA) is 43.8 Å². The van der Waals surface area contributed by atoms with Gasteiger partial charge in [0, 0.05) is 17.4 Å². The number of anilines is 1. The molecule has 1 aliphatic carbocycles. The predicted molar refractivity (Wildman–Crippen MR) is 67.7 cm³/mol. The summed E-state index contributed by atoms with van der Waals surface area (Å²) >= 11 is 0. The zero-order chi connectivity index (χ0) is 12.1. The summed E-state index contributed by atoms with van der Waals surface area (Å²) in [4.78, 5) is 4.78. The molecule has 2 N–H and O–H groups in total. The fourth-order valence-electron chi connectivity index (χ4n) is 2.22. The van der Waals surface area contributed by atoms with Gasteiger partial charge in [0.2, 0.25) is 0 Å². The molecule has 1 aliphatic rings. The number of hydrogen-bond acceptors (Lipinski definition) is 2. The third-order valence-electron chi connectivity index (χ3n) is 3.12. The smallest absolute Gasteiger partial charge is 0.127 e. The van der Waals surface area contributed by atoms with Crippen molar-refractivity contribution in [2.24, 2.45) is 0 Å². The number of nitrogen functional groups attached to an aromatic ring is 1. The Hall–Kier alpha value is -0.990. The number of nitrogens with zero attached hydrogens (tertiary/aromatic N) is 2. The standard InChI is InChI=1S/C13H23N3/c1-8(2)12-15-10(9-6-7-9)11(14)16(12)13(3,4)5/h8-9H,6-7,14H2,1-5H3. The first-order chi connectivity index (χ1) is 7.32. The van der Waals surface area contributed by atoms with Crippen molar-refractivity contribution in [3.8, 4) is 0 Å². The Labute approximate surface area is 98.1 Å². The Morgan fingerprint density at radius 3 is 2.19 bits per heavy atom. The van der Waals surface area contributed by atoms with Gasteiger partial charge in [-0.15, -0.1) is 0 Å². The van der Waals surface area contributed by atoms with Crippen LogP contribution in [0.3, 0.4) is 0 Å². The Bertz CT molecular complexity index is 392. The van der Waals surface area contributed by atoms with E-state index in [0.717, 1.165) is 17.3 Å². The number of aromatic nitrogens is 2. The average molecular weight is 221 g/mol. The summed E-state index contributed by atoms with van der Waals surface area (Å²) < 4.78 is 2.21. The van der Waals surface area contributed by atoms with Gasteiger partial charge in [-0.3, -0.25) is 0 Å². The molecule has 90 valence electrons. The Balaban J connectivity index is 2.54. The maximum atomic E-state index is 6.27. The van der Waals surface area contributed by atoms with Crippen LogP contribution >= 0.6 is 0 Å². The lowest BCUT2D eigenvalue weighted by molar-refractivity contribution is 0.382. The first-order valence-corrected chi connectivity index (χ1v) is 6.21. The molecule has 1 aromatic heterocycles. The minimum Gasteiger partial charge on any atom is -0.384 e. The molecule has 0 amide bonds. The fourth-order valence-corrected chi connectivity index (χ4v) is 2.22. The van der Waals surface area contributed by atoms with Crippen molar-refractivity contribution in [1.29, 1.82) is 0 Å². The summed E-state index contributed by atoms with van der Waals surface area (Å²) in [6.07, 6.45) is 2.51. The van der Waals surface area contributed by atoms with Crippen molar-refractivity contribution >= 4 is 5.82 Å². The third kappa shape index (κ3) is 1.83. The van der Waals surface area contributed by atoms with Gasteiger partial charge in [0.25, 0.3) is 0 Å². The zero-order valence-electron chi connectivity index (χ0n) is 11.0. The first-order valence-electron chi connectivity index (χ1n) is 6.21. The third-order valence-corrected chi connectivity index (χ3v) is 3.12. The highest BCUT2D eigenvalue weighted by Gasteiger charge is 2.33. The van der Waals surface area contributed by atoms with Crippen LogP contribution in [0.1, 0.15) is 70.8 Å². The van der Waals surface area contributed by atoms with Crippen LogP contribution in [0.5, 0.6) is 0 Å². The number of rotatable bonds is 2. The van der Waals surface area contributed by atoms with Crippen molar-refractivity contribution in [2.75, 3.05) is 5.73 Å². The minimum absolute atomic E-state index is 0.0177. The van der Waals surface area contributed by atoms with E-state index < -0.39 is 0 Å². The first kappa shape index (κ1) is 11.5. The van der Waals surface area contributed by atoms with Crippen LogP contribution in [-0.4, -0.2) is 9.55 Å². The summed E-state index contributed by atoms with van der Waals surface area (Å²) in [7, 11) is 0. The molecule has 2 rings (SSSR count). The molecule has 1 fully saturated rings. The molecule has 0 atom stereocenters. The van der Waals surface area contributed by atoms with Crippen LogP contribution in [0, 0.1) is 0 Å². The highest BCUT2D eigenvalue weighted by molar-refractivity contribution is 5.44. The van der Waals surface area contributed by atoms with E-state index in [1.54, 1.807) is 0 Å². The van der Waals surface area contributed by atoms with E-state index in [-0.39, 0.29) is 5.54 Å². The molecule has 0 unspecified atom stereocenters. The van der Waals surface area contributed by atoms with E-state index in [0.29, 0.717) is 11.8 Å². The molecule has 0 saturated heterocycles. The van der Waals surface area contributed by atoms with Crippen molar-refractivity contribution in [3.63, 3.8) is 0 Å². The van der Waals surface area contributed by atoms with Gasteiger partial charge in [-0.1, -0.05) is 13.8 Å². The van der Waals surface area contributed by atoms with Crippen molar-refractivity contribution < 1.29 is 0 Å². The van der Waals surface area contributed by atoms with E-state index in [2.05, 4.69) is 39.2 Å². The molecule has 1 saturated carbocycles. The Morgan fingerprint density at radius 2 is 1.88 bits per heavy atom. The number of hydrogen-bond donors (Lipinski definition) is 1. The molecule has 0 bridgehead atoms. The fraction of sp³-hybridized carbons (Fsp3) is 0.769. The lowest BCUT2D eigenvalue weighted by atomic mass is 10.1. The van der Waals surface area contributed by atoms with Crippen LogP contribution < -0.4 is 5.73 Å². The van der Waals surface area contributed by atoms with Crippen LogP contribution in [0.15, 0.2) is 0 Å². The highest BCUT2D eigenvalue weighted by atomic mass is 15.2. The molecule has 3 heteroatoms. The molecule has 1 aromatic rings. The molecule has 0 radical (unpaired) electrons. The van der Waals surface area contributed by atoms with E-state index in [4.69, 9.17) is 10.7 Å². The summed E-state index contributed by atoms with van der Waals surface area (Å²) in [5.41, 5.74) is 7.42. The maximum absolute atomic E-state index is 6.27.